The van der Waals surface area contributed by atoms with Crippen LogP contribution < -0.4 is 36.7 Å². The molecule has 0 fully saturated rings. The summed E-state index contributed by atoms with van der Waals surface area (Å²) in [5.74, 6) is 4.17. The van der Waals surface area contributed by atoms with Crippen LogP contribution in [0.4, 0.5) is 0 Å². The third-order valence-corrected chi connectivity index (χ3v) is 3.65. The van der Waals surface area contributed by atoms with E-state index >= 15 is 0 Å². The van der Waals surface area contributed by atoms with Crippen LogP contribution in [-0.2, 0) is 0 Å². The molecule has 0 unspecified atom stereocenters. The lowest BCUT2D eigenvalue weighted by Crippen LogP contribution is -3.00. The van der Waals surface area contributed by atoms with E-state index in [2.05, 4.69) is 0 Å². The summed E-state index contributed by atoms with van der Waals surface area (Å²) in [7, 11) is 3.22. The number of hydrogen-bond donors (Lipinski definition) is 1. The third kappa shape index (κ3) is 6.08. The van der Waals surface area contributed by atoms with Crippen LogP contribution in [0.1, 0.15) is 5.56 Å². The highest BCUT2D eigenvalue weighted by molar-refractivity contribution is 5.48. The van der Waals surface area contributed by atoms with Gasteiger partial charge in [0, 0.05) is 6.07 Å². The number of nitrogens with zero attached hydrogens (tertiary/aromatic N) is 1. The Morgan fingerprint density at radius 1 is 0.643 bits per heavy atom. The molecule has 0 atom stereocenters. The van der Waals surface area contributed by atoms with Crippen LogP contribution >= 0.6 is 0 Å². The van der Waals surface area contributed by atoms with Crippen molar-refractivity contribution in [1.82, 2.24) is 0 Å². The summed E-state index contributed by atoms with van der Waals surface area (Å²) in [5, 5.41) is 11.0. The van der Waals surface area contributed by atoms with Gasteiger partial charge in [0.05, 0.1) is 19.6 Å². The van der Waals surface area contributed by atoms with E-state index in [9.17, 15) is 0 Å². The minimum absolute atomic E-state index is 0. The molecule has 3 rings (SSSR count). The second-order valence-corrected chi connectivity index (χ2v) is 5.51. The Hall–Kier alpha value is -3.43. The van der Waals surface area contributed by atoms with E-state index in [1.807, 2.05) is 67.6 Å². The van der Waals surface area contributed by atoms with Crippen LogP contribution in [0.25, 0.3) is 0 Å². The molecule has 146 valence electrons. The number of halogens is 1. The number of ether oxygens (including phenoxy) is 4. The fraction of sp³-hybridized carbons (Fsp3) is 0.143. The summed E-state index contributed by atoms with van der Waals surface area (Å²) in [5.41, 5.74) is 1.16. The van der Waals surface area contributed by atoms with Crippen molar-refractivity contribution >= 4 is 0 Å². The van der Waals surface area contributed by atoms with Crippen molar-refractivity contribution in [1.29, 1.82) is 5.39 Å². The summed E-state index contributed by atoms with van der Waals surface area (Å²) in [6.07, 6.45) is 0. The third-order valence-electron chi connectivity index (χ3n) is 3.65. The van der Waals surface area contributed by atoms with Gasteiger partial charge in [-0.3, -0.25) is 0 Å². The first-order valence-electron chi connectivity index (χ1n) is 8.15. The van der Waals surface area contributed by atoms with Crippen LogP contribution in [0, 0.1) is 12.3 Å². The number of rotatable bonds is 6. The van der Waals surface area contributed by atoms with Crippen molar-refractivity contribution in [2.24, 2.45) is 0 Å². The average Bonchev–Trinajstić information content (AvgIpc) is 2.71. The highest BCUT2D eigenvalue weighted by Gasteiger charge is 2.08. The van der Waals surface area contributed by atoms with Gasteiger partial charge in [0.15, 0.2) is 11.5 Å². The second kappa shape index (κ2) is 11.3. The van der Waals surface area contributed by atoms with Gasteiger partial charge in [0.2, 0.25) is 5.39 Å². The Kier molecular flexibility index (Phi) is 9.14. The van der Waals surface area contributed by atoms with Gasteiger partial charge in [-0.25, -0.2) is 0 Å². The molecular formula is C21H21ClN2O4. The van der Waals surface area contributed by atoms with Crippen molar-refractivity contribution < 1.29 is 36.7 Å². The van der Waals surface area contributed by atoms with Crippen LogP contribution in [0.3, 0.4) is 0 Å². The van der Waals surface area contributed by atoms with Gasteiger partial charge in [0.1, 0.15) is 23.0 Å². The highest BCUT2D eigenvalue weighted by atomic mass is 35.5. The molecule has 0 aliphatic carbocycles. The molecule has 3 aromatic rings. The number of methoxy groups -OCH3 is 2. The standard InChI is InChI=1S/C21H20O4.ClH.N2/c1-15-5-4-6-19(13-15)24-16-7-9-17(10-8-16)25-21-14-18(22-2)11-12-20(21)23-3;;1-2/h4-14H,1-3H3;1H;. The normalized spacial score (nSPS) is 9.18. The summed E-state index contributed by atoms with van der Waals surface area (Å²) >= 11 is 0. The maximum Gasteiger partial charge on any atom is 0.212 e. The predicted molar refractivity (Wildman–Crippen MR) is 100 cm³/mol. The minimum Gasteiger partial charge on any atom is -1.00 e. The molecule has 0 saturated carbocycles. The fourth-order valence-electron chi connectivity index (χ4n) is 2.38. The van der Waals surface area contributed by atoms with E-state index < -0.39 is 0 Å². The van der Waals surface area contributed by atoms with Crippen molar-refractivity contribution in [3.8, 4) is 34.5 Å². The molecule has 6 nitrogen and oxygen atoms in total. The molecule has 0 spiro atoms. The number of nitrogens with one attached hydrogen (secondary N) is 1. The van der Waals surface area contributed by atoms with E-state index in [1.54, 1.807) is 20.3 Å². The molecular weight excluding hydrogens is 380 g/mol. The number of benzene rings is 3. The van der Waals surface area contributed by atoms with Crippen LogP contribution in [-0.4, -0.2) is 14.2 Å². The number of aryl methyl sites for hydroxylation is 1. The molecule has 7 heteroatoms. The molecule has 0 aliphatic rings. The Labute approximate surface area is 170 Å². The zero-order chi connectivity index (χ0) is 19.6. The lowest BCUT2D eigenvalue weighted by molar-refractivity contribution is -0.175. The molecule has 0 saturated heterocycles. The Balaban J connectivity index is 0.00000127. The molecule has 0 bridgehead atoms. The maximum atomic E-state index is 6.25. The van der Waals surface area contributed by atoms with Crippen molar-refractivity contribution in [3.63, 3.8) is 0 Å². The van der Waals surface area contributed by atoms with Gasteiger partial charge in [-0.05, 0) is 61.0 Å². The molecule has 0 aromatic heterocycles. The summed E-state index contributed by atoms with van der Waals surface area (Å²) in [6, 6.07) is 20.8. The van der Waals surface area contributed by atoms with E-state index in [4.69, 9.17) is 29.7 Å². The van der Waals surface area contributed by atoms with Crippen LogP contribution in [0.15, 0.2) is 66.7 Å². The molecule has 1 N–H and O–H groups in total. The molecule has 28 heavy (non-hydrogen) atoms. The molecule has 0 heterocycles. The molecule has 0 radical (unpaired) electrons. The quantitative estimate of drug-likeness (QED) is 0.621. The summed E-state index contributed by atoms with van der Waals surface area (Å²) in [4.78, 5) is 0. The van der Waals surface area contributed by atoms with Gasteiger partial charge < -0.3 is 31.4 Å². The van der Waals surface area contributed by atoms with E-state index in [0.717, 1.165) is 17.1 Å². The Morgan fingerprint density at radius 2 is 1.25 bits per heavy atom. The monoisotopic (exact) mass is 400 g/mol. The van der Waals surface area contributed by atoms with Crippen molar-refractivity contribution in [2.75, 3.05) is 14.2 Å². The first kappa shape index (κ1) is 22.6. The Morgan fingerprint density at radius 3 is 1.82 bits per heavy atom. The number of hydrogen-bond acceptors (Lipinski definition) is 5. The zero-order valence-electron chi connectivity index (χ0n) is 15.8. The van der Waals surface area contributed by atoms with E-state index in [1.165, 1.54) is 0 Å². The zero-order valence-corrected chi connectivity index (χ0v) is 16.6. The van der Waals surface area contributed by atoms with Crippen molar-refractivity contribution in [3.05, 3.63) is 72.3 Å². The first-order chi connectivity index (χ1) is 13.2. The smallest absolute Gasteiger partial charge is 0.212 e. The van der Waals surface area contributed by atoms with Gasteiger partial charge in [-0.15, -0.1) is 0 Å². The van der Waals surface area contributed by atoms with Crippen LogP contribution in [0.5, 0.6) is 34.5 Å². The minimum atomic E-state index is 0. The van der Waals surface area contributed by atoms with Gasteiger partial charge in [-0.2, -0.15) is 0 Å². The first-order valence-corrected chi connectivity index (χ1v) is 8.15. The highest BCUT2D eigenvalue weighted by Crippen LogP contribution is 2.35. The lowest BCUT2D eigenvalue weighted by Gasteiger charge is -2.12. The second-order valence-electron chi connectivity index (χ2n) is 5.51. The summed E-state index contributed by atoms with van der Waals surface area (Å²) < 4.78 is 22.3. The Bertz CT molecular complexity index is 898. The topological polar surface area (TPSA) is 84.5 Å². The molecule has 0 aliphatic heterocycles. The van der Waals surface area contributed by atoms with E-state index in [0.29, 0.717) is 23.0 Å². The van der Waals surface area contributed by atoms with Gasteiger partial charge in [-0.1, -0.05) is 12.1 Å². The number of diazo groups is 1. The average molecular weight is 401 g/mol. The van der Waals surface area contributed by atoms with Gasteiger partial charge >= 0.3 is 0 Å². The van der Waals surface area contributed by atoms with Crippen LogP contribution in [0.2, 0.25) is 0 Å². The largest absolute Gasteiger partial charge is 1.00 e. The summed E-state index contributed by atoms with van der Waals surface area (Å²) in [6.45, 7) is 2.03. The SMILES string of the molecule is COc1ccc(OC)c(Oc2ccc(Oc3cccc(C)c3)cc2)c1.N#[NH+].[Cl-]. The molecule has 0 amide bonds. The lowest BCUT2D eigenvalue weighted by atomic mass is 10.2. The maximum absolute atomic E-state index is 6.25. The van der Waals surface area contributed by atoms with Crippen molar-refractivity contribution in [2.45, 2.75) is 6.92 Å². The predicted octanol–water partition coefficient (Wildman–Crippen LogP) is 0.880. The molecule has 3 aromatic carbocycles. The van der Waals surface area contributed by atoms with E-state index in [-0.39, 0.29) is 12.4 Å². The fourth-order valence-corrected chi connectivity index (χ4v) is 2.38. The van der Waals surface area contributed by atoms with Gasteiger partial charge in [0.25, 0.3) is 0 Å².